The van der Waals surface area contributed by atoms with Gasteiger partial charge in [0.2, 0.25) is 0 Å². The summed E-state index contributed by atoms with van der Waals surface area (Å²) in [5.41, 5.74) is 3.99. The van der Waals surface area contributed by atoms with Crippen LogP contribution < -0.4 is 0 Å². The number of amides is 1. The fourth-order valence-electron chi connectivity index (χ4n) is 4.37. The van der Waals surface area contributed by atoms with E-state index in [1.54, 1.807) is 0 Å². The quantitative estimate of drug-likeness (QED) is 0.254. The van der Waals surface area contributed by atoms with E-state index >= 15 is 0 Å². The molecule has 0 aliphatic carbocycles. The second kappa shape index (κ2) is 12.1. The van der Waals surface area contributed by atoms with E-state index in [2.05, 4.69) is 48.1 Å². The van der Waals surface area contributed by atoms with Crippen molar-refractivity contribution < 1.29 is 9.18 Å². The molecule has 0 spiro atoms. The van der Waals surface area contributed by atoms with E-state index in [9.17, 15) is 9.18 Å². The van der Waals surface area contributed by atoms with Crippen LogP contribution in [0.2, 0.25) is 0 Å². The monoisotopic (exact) mass is 492 g/mol. The van der Waals surface area contributed by atoms with Gasteiger partial charge in [0, 0.05) is 48.7 Å². The smallest absolute Gasteiger partial charge is 0.273 e. The Hall–Kier alpha value is -3.03. The Morgan fingerprint density at radius 3 is 2.49 bits per heavy atom. The molecule has 5 nitrogen and oxygen atoms in total. The predicted octanol–water partition coefficient (Wildman–Crippen LogP) is 6.27. The number of halogens is 1. The minimum Gasteiger partial charge on any atom is -0.361 e. The molecule has 1 amide bonds. The fourth-order valence-corrected chi connectivity index (χ4v) is 5.18. The minimum absolute atomic E-state index is 0.0140. The lowest BCUT2D eigenvalue weighted by Gasteiger charge is -2.22. The molecule has 0 aliphatic heterocycles. The SMILES string of the molecule is CCCN(CCC)C(=O)c1csc(CN(CCc2c[nH]c3ccccc23)Cc2ccc(F)cc2)n1. The lowest BCUT2D eigenvalue weighted by molar-refractivity contribution is 0.0750. The van der Waals surface area contributed by atoms with Crippen LogP contribution in [0.5, 0.6) is 0 Å². The summed E-state index contributed by atoms with van der Waals surface area (Å²) in [7, 11) is 0. The standard InChI is InChI=1S/C28H33FN4OS/c1-3-14-33(15-4-2)28(34)26-20-35-27(31-26)19-32(18-21-9-11-23(29)12-10-21)16-13-22-17-30-25-8-6-5-7-24(22)25/h5-12,17,20,30H,3-4,13-16,18-19H2,1-2H3. The molecule has 184 valence electrons. The van der Waals surface area contributed by atoms with E-state index in [1.165, 1.54) is 34.4 Å². The number of carbonyl (C=O) groups excluding carboxylic acids is 1. The number of aromatic amines is 1. The topological polar surface area (TPSA) is 52.2 Å². The highest BCUT2D eigenvalue weighted by Crippen LogP contribution is 2.21. The maximum Gasteiger partial charge on any atom is 0.273 e. The van der Waals surface area contributed by atoms with Crippen molar-refractivity contribution in [2.24, 2.45) is 0 Å². The lowest BCUT2D eigenvalue weighted by atomic mass is 10.1. The summed E-state index contributed by atoms with van der Waals surface area (Å²) >= 11 is 1.53. The van der Waals surface area contributed by atoms with Crippen molar-refractivity contribution in [1.29, 1.82) is 0 Å². The maximum absolute atomic E-state index is 13.4. The van der Waals surface area contributed by atoms with Gasteiger partial charge in [0.25, 0.3) is 5.91 Å². The molecule has 0 bridgehead atoms. The molecule has 0 saturated carbocycles. The van der Waals surface area contributed by atoms with Crippen molar-refractivity contribution in [2.75, 3.05) is 19.6 Å². The van der Waals surface area contributed by atoms with Gasteiger partial charge in [-0.05, 0) is 48.6 Å². The molecule has 2 heterocycles. The third-order valence-corrected chi connectivity index (χ3v) is 6.93. The van der Waals surface area contributed by atoms with Crippen molar-refractivity contribution >= 4 is 28.1 Å². The van der Waals surface area contributed by atoms with E-state index in [4.69, 9.17) is 4.98 Å². The predicted molar refractivity (Wildman–Crippen MR) is 141 cm³/mol. The Bertz CT molecular complexity index is 1230. The summed E-state index contributed by atoms with van der Waals surface area (Å²) in [6.45, 7) is 7.82. The number of carbonyl (C=O) groups is 1. The molecule has 0 atom stereocenters. The van der Waals surface area contributed by atoms with Crippen LogP contribution in [0.1, 0.15) is 53.3 Å². The number of rotatable bonds is 12. The van der Waals surface area contributed by atoms with Crippen LogP contribution in [0.25, 0.3) is 10.9 Å². The number of nitrogens with one attached hydrogen (secondary N) is 1. The van der Waals surface area contributed by atoms with Gasteiger partial charge in [0.1, 0.15) is 16.5 Å². The summed E-state index contributed by atoms with van der Waals surface area (Å²) in [4.78, 5) is 25.2. The number of benzene rings is 2. The molecule has 7 heteroatoms. The Labute approximate surface area is 210 Å². The number of para-hydroxylation sites is 1. The number of fused-ring (bicyclic) bond motifs is 1. The zero-order chi connectivity index (χ0) is 24.6. The fraction of sp³-hybridized carbons (Fsp3) is 0.357. The average Bonchev–Trinajstić information content (AvgIpc) is 3.50. The molecule has 2 aromatic carbocycles. The molecule has 0 aliphatic rings. The summed E-state index contributed by atoms with van der Waals surface area (Å²) in [5, 5.41) is 4.04. The van der Waals surface area contributed by atoms with Crippen molar-refractivity contribution in [3.05, 3.63) is 87.8 Å². The van der Waals surface area contributed by atoms with E-state index in [0.717, 1.165) is 55.0 Å². The van der Waals surface area contributed by atoms with Gasteiger partial charge in [-0.3, -0.25) is 9.69 Å². The lowest BCUT2D eigenvalue weighted by Crippen LogP contribution is -2.32. The minimum atomic E-state index is -0.231. The number of nitrogens with zero attached hydrogens (tertiary/aromatic N) is 3. The second-order valence-corrected chi connectivity index (χ2v) is 9.81. The molecule has 0 unspecified atom stereocenters. The number of thiazole rings is 1. The first-order valence-corrected chi connectivity index (χ1v) is 13.2. The molecular formula is C28H33FN4OS. The number of aromatic nitrogens is 2. The maximum atomic E-state index is 13.4. The zero-order valence-electron chi connectivity index (χ0n) is 20.5. The first-order chi connectivity index (χ1) is 17.1. The summed E-state index contributed by atoms with van der Waals surface area (Å²) in [6.07, 6.45) is 4.82. The largest absolute Gasteiger partial charge is 0.361 e. The number of hydrogen-bond acceptors (Lipinski definition) is 4. The van der Waals surface area contributed by atoms with Gasteiger partial charge in [-0.2, -0.15) is 0 Å². The van der Waals surface area contributed by atoms with Gasteiger partial charge >= 0.3 is 0 Å². The summed E-state index contributed by atoms with van der Waals surface area (Å²) < 4.78 is 13.4. The van der Waals surface area contributed by atoms with Crippen molar-refractivity contribution in [1.82, 2.24) is 19.8 Å². The molecule has 0 radical (unpaired) electrons. The Balaban J connectivity index is 1.49. The van der Waals surface area contributed by atoms with Crippen LogP contribution in [0.3, 0.4) is 0 Å². The third kappa shape index (κ3) is 6.55. The van der Waals surface area contributed by atoms with Crippen LogP contribution >= 0.6 is 11.3 Å². The Morgan fingerprint density at radius 1 is 1.00 bits per heavy atom. The van der Waals surface area contributed by atoms with E-state index in [0.29, 0.717) is 18.8 Å². The second-order valence-electron chi connectivity index (χ2n) is 8.87. The number of H-pyrrole nitrogens is 1. The van der Waals surface area contributed by atoms with E-state index < -0.39 is 0 Å². The van der Waals surface area contributed by atoms with E-state index in [-0.39, 0.29) is 11.7 Å². The van der Waals surface area contributed by atoms with Gasteiger partial charge < -0.3 is 9.88 Å². The molecule has 0 saturated heterocycles. The van der Waals surface area contributed by atoms with Crippen molar-refractivity contribution in [2.45, 2.75) is 46.2 Å². The van der Waals surface area contributed by atoms with Crippen LogP contribution in [-0.2, 0) is 19.5 Å². The molecule has 4 aromatic rings. The molecule has 2 aromatic heterocycles. The molecule has 1 N–H and O–H groups in total. The average molecular weight is 493 g/mol. The van der Waals surface area contributed by atoms with Gasteiger partial charge in [0.05, 0.1) is 6.54 Å². The van der Waals surface area contributed by atoms with Gasteiger partial charge in [-0.25, -0.2) is 9.37 Å². The first kappa shape index (κ1) is 25.1. The highest BCUT2D eigenvalue weighted by molar-refractivity contribution is 7.09. The number of hydrogen-bond donors (Lipinski definition) is 1. The normalized spacial score (nSPS) is 11.4. The Morgan fingerprint density at radius 2 is 1.74 bits per heavy atom. The third-order valence-electron chi connectivity index (χ3n) is 6.10. The first-order valence-electron chi connectivity index (χ1n) is 12.3. The van der Waals surface area contributed by atoms with Crippen molar-refractivity contribution in [3.63, 3.8) is 0 Å². The van der Waals surface area contributed by atoms with Crippen molar-refractivity contribution in [3.8, 4) is 0 Å². The zero-order valence-corrected chi connectivity index (χ0v) is 21.3. The summed E-state index contributed by atoms with van der Waals surface area (Å²) in [6, 6.07) is 15.0. The highest BCUT2D eigenvalue weighted by Gasteiger charge is 2.19. The van der Waals surface area contributed by atoms with Crippen LogP contribution in [0, 0.1) is 5.82 Å². The van der Waals surface area contributed by atoms with Crippen LogP contribution in [0.15, 0.2) is 60.1 Å². The molecule has 0 fully saturated rings. The van der Waals surface area contributed by atoms with Gasteiger partial charge in [-0.15, -0.1) is 11.3 Å². The molecule has 4 rings (SSSR count). The van der Waals surface area contributed by atoms with Gasteiger partial charge in [-0.1, -0.05) is 44.2 Å². The highest BCUT2D eigenvalue weighted by atomic mass is 32.1. The molecular weight excluding hydrogens is 459 g/mol. The Kier molecular flexibility index (Phi) is 8.66. The van der Waals surface area contributed by atoms with E-state index in [1.807, 2.05) is 28.5 Å². The summed E-state index contributed by atoms with van der Waals surface area (Å²) in [5.74, 6) is -0.217. The van der Waals surface area contributed by atoms with Gasteiger partial charge in [0.15, 0.2) is 0 Å². The van der Waals surface area contributed by atoms with Crippen LogP contribution in [-0.4, -0.2) is 45.3 Å². The molecule has 35 heavy (non-hydrogen) atoms. The van der Waals surface area contributed by atoms with Crippen LogP contribution in [0.4, 0.5) is 4.39 Å².